The Labute approximate surface area is 175 Å². The van der Waals surface area contributed by atoms with E-state index in [9.17, 15) is 14.7 Å². The number of aromatic nitrogens is 2. The molecule has 0 saturated carbocycles. The monoisotopic (exact) mass is 403 g/mol. The van der Waals surface area contributed by atoms with Gasteiger partial charge in [0.1, 0.15) is 11.5 Å². The molecule has 6 heteroatoms. The Morgan fingerprint density at radius 2 is 1.83 bits per heavy atom. The fraction of sp³-hybridized carbons (Fsp3) is 0.292. The molecule has 4 rings (SSSR count). The summed E-state index contributed by atoms with van der Waals surface area (Å²) in [6.45, 7) is 6.59. The van der Waals surface area contributed by atoms with Crippen LogP contribution in [0.2, 0.25) is 0 Å². The van der Waals surface area contributed by atoms with Crippen LogP contribution in [0.4, 0.5) is 0 Å². The summed E-state index contributed by atoms with van der Waals surface area (Å²) in [5, 5.41) is 12.4. The number of imidazole rings is 1. The van der Waals surface area contributed by atoms with Gasteiger partial charge >= 0.3 is 5.97 Å². The van der Waals surface area contributed by atoms with Crippen LogP contribution in [-0.4, -0.2) is 26.5 Å². The van der Waals surface area contributed by atoms with Gasteiger partial charge in [-0.3, -0.25) is 4.79 Å². The maximum atomic E-state index is 12.6. The molecule has 2 N–H and O–H groups in total. The number of hydrogen-bond donors (Lipinski definition) is 2. The van der Waals surface area contributed by atoms with E-state index >= 15 is 0 Å². The van der Waals surface area contributed by atoms with Gasteiger partial charge in [-0.05, 0) is 43.0 Å². The highest BCUT2D eigenvalue weighted by Crippen LogP contribution is 2.32. The Balaban J connectivity index is 1.68. The number of aromatic carboxylic acids is 1. The van der Waals surface area contributed by atoms with Crippen molar-refractivity contribution in [2.75, 3.05) is 0 Å². The van der Waals surface area contributed by atoms with Crippen molar-refractivity contribution in [3.63, 3.8) is 0 Å². The van der Waals surface area contributed by atoms with Crippen molar-refractivity contribution in [1.29, 1.82) is 0 Å². The Kier molecular flexibility index (Phi) is 4.94. The van der Waals surface area contributed by atoms with E-state index in [2.05, 4.69) is 12.2 Å². The minimum absolute atomic E-state index is 0.0862. The number of rotatable bonds is 6. The lowest BCUT2D eigenvalue weighted by Crippen LogP contribution is -2.34. The van der Waals surface area contributed by atoms with E-state index in [1.54, 1.807) is 12.1 Å². The number of nitrogens with zero attached hydrogens (tertiary/aromatic N) is 2. The number of benzene rings is 2. The summed E-state index contributed by atoms with van der Waals surface area (Å²) in [7, 11) is 0. The molecule has 1 amide bonds. The van der Waals surface area contributed by atoms with Crippen molar-refractivity contribution in [2.45, 2.75) is 45.7 Å². The molecule has 0 aliphatic carbocycles. The summed E-state index contributed by atoms with van der Waals surface area (Å²) in [6.07, 6.45) is 1.75. The van der Waals surface area contributed by atoms with E-state index in [1.807, 2.05) is 54.8 Å². The molecule has 0 spiro atoms. The minimum Gasteiger partial charge on any atom is -0.478 e. The number of hydrogen-bond acceptors (Lipinski definition) is 3. The molecule has 0 bridgehead atoms. The number of carboxylic acids is 1. The van der Waals surface area contributed by atoms with Gasteiger partial charge in [-0.15, -0.1) is 0 Å². The average Bonchev–Trinajstić information content (AvgIpc) is 3.18. The Bertz CT molecular complexity index is 1130. The summed E-state index contributed by atoms with van der Waals surface area (Å²) >= 11 is 0. The quantitative estimate of drug-likeness (QED) is 0.645. The van der Waals surface area contributed by atoms with E-state index in [4.69, 9.17) is 4.98 Å². The molecule has 0 saturated heterocycles. The molecule has 6 nitrogen and oxygen atoms in total. The van der Waals surface area contributed by atoms with Gasteiger partial charge in [0.25, 0.3) is 5.91 Å². The van der Waals surface area contributed by atoms with E-state index in [-0.39, 0.29) is 11.5 Å². The van der Waals surface area contributed by atoms with Crippen LogP contribution in [0.5, 0.6) is 0 Å². The van der Waals surface area contributed by atoms with Crippen LogP contribution in [-0.2, 0) is 18.5 Å². The maximum Gasteiger partial charge on any atom is 0.336 e. The van der Waals surface area contributed by atoms with E-state index in [0.29, 0.717) is 17.8 Å². The van der Waals surface area contributed by atoms with Crippen LogP contribution in [0.3, 0.4) is 0 Å². The second-order valence-corrected chi connectivity index (χ2v) is 8.19. The first-order valence-electron chi connectivity index (χ1n) is 10.2. The SMILES string of the molecule is CCCc1nc2c(n1Cc1ccc(-c3ccccc3C(=O)O)cc1)C(=O)NC2(C)C. The summed E-state index contributed by atoms with van der Waals surface area (Å²) in [6, 6.07) is 14.8. The van der Waals surface area contributed by atoms with E-state index in [1.165, 1.54) is 0 Å². The van der Waals surface area contributed by atoms with Gasteiger partial charge in [-0.1, -0.05) is 49.4 Å². The second kappa shape index (κ2) is 7.44. The molecule has 30 heavy (non-hydrogen) atoms. The Morgan fingerprint density at radius 3 is 2.50 bits per heavy atom. The molecule has 0 unspecified atom stereocenters. The molecule has 154 valence electrons. The zero-order chi connectivity index (χ0) is 21.5. The molecule has 2 heterocycles. The fourth-order valence-electron chi connectivity index (χ4n) is 4.05. The first-order valence-corrected chi connectivity index (χ1v) is 10.2. The Morgan fingerprint density at radius 1 is 1.13 bits per heavy atom. The molecule has 1 aromatic heterocycles. The van der Waals surface area contributed by atoms with Gasteiger partial charge in [0, 0.05) is 13.0 Å². The van der Waals surface area contributed by atoms with Crippen LogP contribution in [0, 0.1) is 0 Å². The molecule has 2 aromatic carbocycles. The van der Waals surface area contributed by atoms with Gasteiger partial charge in [-0.25, -0.2) is 9.78 Å². The first-order chi connectivity index (χ1) is 14.3. The smallest absolute Gasteiger partial charge is 0.336 e. The molecule has 0 fully saturated rings. The standard InChI is InChI=1S/C24H25N3O3/c1-4-7-19-25-21-20(22(28)26-24(21,2)3)27(19)14-15-10-12-16(13-11-15)17-8-5-6-9-18(17)23(29)30/h5-6,8-13H,4,7,14H2,1-3H3,(H,26,28)(H,29,30). The summed E-state index contributed by atoms with van der Waals surface area (Å²) in [4.78, 5) is 28.9. The molecule has 3 aromatic rings. The Hall–Kier alpha value is -3.41. The van der Waals surface area contributed by atoms with Gasteiger partial charge in [0.15, 0.2) is 0 Å². The topological polar surface area (TPSA) is 84.2 Å². The summed E-state index contributed by atoms with van der Waals surface area (Å²) in [5.74, 6) is -0.107. The van der Waals surface area contributed by atoms with Crippen molar-refractivity contribution in [2.24, 2.45) is 0 Å². The normalized spacial score (nSPS) is 14.4. The highest BCUT2D eigenvalue weighted by molar-refractivity contribution is 5.98. The predicted octanol–water partition coefficient (Wildman–Crippen LogP) is 4.23. The molecule has 0 radical (unpaired) electrons. The number of carboxylic acid groups (broad SMARTS) is 1. The van der Waals surface area contributed by atoms with Gasteiger partial charge < -0.3 is 15.0 Å². The van der Waals surface area contributed by atoms with Crippen molar-refractivity contribution in [1.82, 2.24) is 14.9 Å². The number of fused-ring (bicyclic) bond motifs is 1. The van der Waals surface area contributed by atoms with Crippen LogP contribution >= 0.6 is 0 Å². The first kappa shape index (κ1) is 19.9. The molecular formula is C24H25N3O3. The lowest BCUT2D eigenvalue weighted by atomic mass is 9.98. The molecule has 1 aliphatic heterocycles. The third-order valence-corrected chi connectivity index (χ3v) is 5.52. The zero-order valence-electron chi connectivity index (χ0n) is 17.4. The van der Waals surface area contributed by atoms with Crippen molar-refractivity contribution < 1.29 is 14.7 Å². The highest BCUT2D eigenvalue weighted by Gasteiger charge is 2.40. The minimum atomic E-state index is -0.943. The third-order valence-electron chi connectivity index (χ3n) is 5.52. The fourth-order valence-corrected chi connectivity index (χ4v) is 4.05. The van der Waals surface area contributed by atoms with Crippen molar-refractivity contribution >= 4 is 11.9 Å². The van der Waals surface area contributed by atoms with E-state index in [0.717, 1.165) is 35.5 Å². The van der Waals surface area contributed by atoms with Crippen molar-refractivity contribution in [3.8, 4) is 11.1 Å². The van der Waals surface area contributed by atoms with Crippen LogP contribution in [0.25, 0.3) is 11.1 Å². The number of amides is 1. The molecular weight excluding hydrogens is 378 g/mol. The number of aryl methyl sites for hydroxylation is 1. The molecule has 1 aliphatic rings. The predicted molar refractivity (Wildman–Crippen MR) is 115 cm³/mol. The summed E-state index contributed by atoms with van der Waals surface area (Å²) in [5.41, 5.74) is 3.83. The maximum absolute atomic E-state index is 12.6. The van der Waals surface area contributed by atoms with Gasteiger partial charge in [0.05, 0.1) is 16.8 Å². The largest absolute Gasteiger partial charge is 0.478 e. The van der Waals surface area contributed by atoms with Gasteiger partial charge in [-0.2, -0.15) is 0 Å². The van der Waals surface area contributed by atoms with Gasteiger partial charge in [0.2, 0.25) is 0 Å². The van der Waals surface area contributed by atoms with Crippen LogP contribution < -0.4 is 5.32 Å². The highest BCUT2D eigenvalue weighted by atomic mass is 16.4. The summed E-state index contributed by atoms with van der Waals surface area (Å²) < 4.78 is 2.02. The number of carbonyl (C=O) groups is 2. The average molecular weight is 403 g/mol. The van der Waals surface area contributed by atoms with Crippen LogP contribution in [0.1, 0.15) is 65.1 Å². The lowest BCUT2D eigenvalue weighted by molar-refractivity contribution is 0.0697. The number of nitrogens with one attached hydrogen (secondary N) is 1. The van der Waals surface area contributed by atoms with Crippen molar-refractivity contribution in [3.05, 3.63) is 76.9 Å². The third kappa shape index (κ3) is 3.38. The second-order valence-electron chi connectivity index (χ2n) is 8.19. The molecule has 0 atom stereocenters. The number of carbonyl (C=O) groups excluding carboxylic acids is 1. The zero-order valence-corrected chi connectivity index (χ0v) is 17.4. The lowest BCUT2D eigenvalue weighted by Gasteiger charge is -2.16. The van der Waals surface area contributed by atoms with Crippen LogP contribution in [0.15, 0.2) is 48.5 Å². The van der Waals surface area contributed by atoms with E-state index < -0.39 is 11.5 Å².